The number of rotatable bonds is 5. The van der Waals surface area contributed by atoms with Gasteiger partial charge in [0.25, 0.3) is 0 Å². The largest absolute Gasteiger partial charge is 0.375 e. The average Bonchev–Trinajstić information content (AvgIpc) is 3.01. The Morgan fingerprint density at radius 2 is 1.50 bits per heavy atom. The lowest BCUT2D eigenvalue weighted by Crippen LogP contribution is -2.59. The van der Waals surface area contributed by atoms with Crippen molar-refractivity contribution in [1.29, 1.82) is 0 Å². The van der Waals surface area contributed by atoms with Crippen LogP contribution in [-0.2, 0) is 24.2 Å². The third kappa shape index (κ3) is 5.34. The summed E-state index contributed by atoms with van der Waals surface area (Å²) in [4.78, 5) is 2.62. The zero-order valence-electron chi connectivity index (χ0n) is 15.6. The fraction of sp³-hybridized carbons (Fsp3) is 0.429. The summed E-state index contributed by atoms with van der Waals surface area (Å²) in [5, 5.41) is 4.77. The fourth-order valence-electron chi connectivity index (χ4n) is 4.28. The summed E-state index contributed by atoms with van der Waals surface area (Å²) in [5.74, 6) is 0. The van der Waals surface area contributed by atoms with Crippen LogP contribution in [0.3, 0.4) is 0 Å². The minimum Gasteiger partial charge on any atom is -0.375 e. The topological polar surface area (TPSA) is 24.5 Å². The van der Waals surface area contributed by atoms with Gasteiger partial charge in [0, 0.05) is 36.2 Å². The van der Waals surface area contributed by atoms with Crippen LogP contribution >= 0.6 is 48.0 Å². The highest BCUT2D eigenvalue weighted by Gasteiger charge is 2.42. The van der Waals surface area contributed by atoms with Crippen LogP contribution < -0.4 is 5.32 Å². The first-order chi connectivity index (χ1) is 12.6. The number of hydrogen-bond donors (Lipinski definition) is 1. The molecule has 0 atom stereocenters. The second-order valence-corrected chi connectivity index (χ2v) is 8.23. The summed E-state index contributed by atoms with van der Waals surface area (Å²) in [5.41, 5.74) is 3.99. The Morgan fingerprint density at radius 3 is 2.07 bits per heavy atom. The van der Waals surface area contributed by atoms with E-state index in [0.29, 0.717) is 23.3 Å². The standard InChI is InChI=1S/C21H24Cl2N2O.2ClH/c22-19-9-16(10-20(23)11-19)14-26-15-21(25-7-5-24-6-8-25)12-17-3-1-2-4-18(17)13-21;;/h1-4,9-11,24H,5-8,12-15H2;2*1H. The molecule has 1 aliphatic heterocycles. The Labute approximate surface area is 189 Å². The number of hydrogen-bond acceptors (Lipinski definition) is 3. The van der Waals surface area contributed by atoms with Gasteiger partial charge in [-0.05, 0) is 47.7 Å². The van der Waals surface area contributed by atoms with E-state index in [0.717, 1.165) is 44.6 Å². The van der Waals surface area contributed by atoms with Gasteiger partial charge in [0.15, 0.2) is 0 Å². The van der Waals surface area contributed by atoms with Gasteiger partial charge < -0.3 is 10.1 Å². The Kier molecular flexibility index (Phi) is 8.90. The normalized spacial score (nSPS) is 18.1. The molecule has 28 heavy (non-hydrogen) atoms. The van der Waals surface area contributed by atoms with E-state index < -0.39 is 0 Å². The fourth-order valence-corrected chi connectivity index (χ4v) is 4.85. The second-order valence-electron chi connectivity index (χ2n) is 7.35. The van der Waals surface area contributed by atoms with Gasteiger partial charge in [0.05, 0.1) is 18.8 Å². The van der Waals surface area contributed by atoms with E-state index in [2.05, 4.69) is 34.5 Å². The highest BCUT2D eigenvalue weighted by Crippen LogP contribution is 2.35. The van der Waals surface area contributed by atoms with Gasteiger partial charge in [-0.1, -0.05) is 47.5 Å². The predicted molar refractivity (Wildman–Crippen MR) is 122 cm³/mol. The summed E-state index contributed by atoms with van der Waals surface area (Å²) in [6.07, 6.45) is 2.11. The molecule has 0 spiro atoms. The smallest absolute Gasteiger partial charge is 0.0718 e. The molecule has 1 heterocycles. The Bertz CT molecular complexity index is 736. The van der Waals surface area contributed by atoms with Crippen molar-refractivity contribution in [2.24, 2.45) is 0 Å². The predicted octanol–water partition coefficient (Wildman–Crippen LogP) is 4.80. The van der Waals surface area contributed by atoms with Gasteiger partial charge in [-0.2, -0.15) is 0 Å². The Hall–Kier alpha value is -0.520. The Balaban J connectivity index is 0.00000140. The van der Waals surface area contributed by atoms with Crippen LogP contribution in [0.2, 0.25) is 10.0 Å². The molecule has 7 heteroatoms. The molecule has 0 amide bonds. The maximum Gasteiger partial charge on any atom is 0.0718 e. The van der Waals surface area contributed by atoms with Crippen molar-refractivity contribution in [3.63, 3.8) is 0 Å². The first kappa shape index (κ1) is 23.8. The van der Waals surface area contributed by atoms with Crippen molar-refractivity contribution < 1.29 is 4.74 Å². The first-order valence-electron chi connectivity index (χ1n) is 9.20. The Morgan fingerprint density at radius 1 is 0.929 bits per heavy atom. The van der Waals surface area contributed by atoms with Gasteiger partial charge in [0.2, 0.25) is 0 Å². The minimum atomic E-state index is 0. The van der Waals surface area contributed by atoms with Crippen molar-refractivity contribution in [3.8, 4) is 0 Å². The molecule has 0 bridgehead atoms. The number of nitrogens with one attached hydrogen (secondary N) is 1. The van der Waals surface area contributed by atoms with Crippen LogP contribution in [0, 0.1) is 0 Å². The zero-order valence-corrected chi connectivity index (χ0v) is 18.8. The molecule has 0 radical (unpaired) electrons. The molecule has 2 aromatic carbocycles. The minimum absolute atomic E-state index is 0. The molecule has 0 saturated carbocycles. The summed E-state index contributed by atoms with van der Waals surface area (Å²) in [6.45, 7) is 5.47. The van der Waals surface area contributed by atoms with E-state index >= 15 is 0 Å². The molecule has 2 aliphatic rings. The van der Waals surface area contributed by atoms with Crippen LogP contribution in [0.15, 0.2) is 42.5 Å². The van der Waals surface area contributed by atoms with Crippen LogP contribution in [0.4, 0.5) is 0 Å². The third-order valence-corrected chi connectivity index (χ3v) is 5.94. The van der Waals surface area contributed by atoms with Gasteiger partial charge in [-0.25, -0.2) is 0 Å². The summed E-state index contributed by atoms with van der Waals surface area (Å²) in [6, 6.07) is 14.4. The molecule has 1 N–H and O–H groups in total. The number of halogens is 4. The van der Waals surface area contributed by atoms with E-state index in [9.17, 15) is 0 Å². The number of ether oxygens (including phenoxy) is 1. The first-order valence-corrected chi connectivity index (χ1v) is 9.96. The number of fused-ring (bicyclic) bond motifs is 1. The zero-order chi connectivity index (χ0) is 18.0. The molecule has 2 aromatic rings. The van der Waals surface area contributed by atoms with Crippen molar-refractivity contribution in [1.82, 2.24) is 10.2 Å². The number of nitrogens with zero attached hydrogens (tertiary/aromatic N) is 1. The third-order valence-electron chi connectivity index (χ3n) is 5.51. The van der Waals surface area contributed by atoms with Gasteiger partial charge in [-0.3, -0.25) is 4.90 Å². The molecule has 1 fully saturated rings. The molecular weight excluding hydrogens is 438 g/mol. The van der Waals surface area contributed by atoms with Crippen molar-refractivity contribution in [3.05, 3.63) is 69.2 Å². The van der Waals surface area contributed by atoms with Gasteiger partial charge in [-0.15, -0.1) is 24.8 Å². The van der Waals surface area contributed by atoms with Crippen LogP contribution in [0.5, 0.6) is 0 Å². The monoisotopic (exact) mass is 462 g/mol. The van der Waals surface area contributed by atoms with E-state index in [-0.39, 0.29) is 30.4 Å². The molecule has 3 nitrogen and oxygen atoms in total. The van der Waals surface area contributed by atoms with Crippen molar-refractivity contribution in [2.45, 2.75) is 25.0 Å². The molecule has 154 valence electrons. The van der Waals surface area contributed by atoms with Gasteiger partial charge >= 0.3 is 0 Å². The lowest BCUT2D eigenvalue weighted by molar-refractivity contribution is -0.0158. The number of piperazine rings is 1. The van der Waals surface area contributed by atoms with E-state index in [4.69, 9.17) is 27.9 Å². The SMILES string of the molecule is Cl.Cl.Clc1cc(Cl)cc(COCC2(N3CCNCC3)Cc3ccccc3C2)c1. The van der Waals surface area contributed by atoms with Gasteiger partial charge in [0.1, 0.15) is 0 Å². The molecular formula is C21H26Cl4N2O. The highest BCUT2D eigenvalue weighted by atomic mass is 35.5. The van der Waals surface area contributed by atoms with E-state index in [1.165, 1.54) is 11.1 Å². The summed E-state index contributed by atoms with van der Waals surface area (Å²) in [7, 11) is 0. The lowest BCUT2D eigenvalue weighted by atomic mass is 9.93. The van der Waals surface area contributed by atoms with E-state index in [1.807, 2.05) is 12.1 Å². The van der Waals surface area contributed by atoms with Crippen LogP contribution in [0.1, 0.15) is 16.7 Å². The van der Waals surface area contributed by atoms with Crippen LogP contribution in [-0.4, -0.2) is 43.2 Å². The lowest BCUT2D eigenvalue weighted by Gasteiger charge is -2.43. The highest BCUT2D eigenvalue weighted by molar-refractivity contribution is 6.34. The molecule has 0 unspecified atom stereocenters. The number of benzene rings is 2. The molecule has 4 rings (SSSR count). The second kappa shape index (κ2) is 10.5. The summed E-state index contributed by atoms with van der Waals surface area (Å²) < 4.78 is 6.22. The van der Waals surface area contributed by atoms with E-state index in [1.54, 1.807) is 6.07 Å². The average molecular weight is 464 g/mol. The van der Waals surface area contributed by atoms with Crippen molar-refractivity contribution in [2.75, 3.05) is 32.8 Å². The maximum atomic E-state index is 6.22. The maximum absolute atomic E-state index is 6.22. The molecule has 1 aliphatic carbocycles. The quantitative estimate of drug-likeness (QED) is 0.689. The van der Waals surface area contributed by atoms with Crippen molar-refractivity contribution >= 4 is 48.0 Å². The van der Waals surface area contributed by atoms with Crippen LogP contribution in [0.25, 0.3) is 0 Å². The molecule has 0 aromatic heterocycles. The summed E-state index contributed by atoms with van der Waals surface area (Å²) >= 11 is 12.2. The molecule has 1 saturated heterocycles.